The van der Waals surface area contributed by atoms with Gasteiger partial charge in [0, 0.05) is 17.8 Å². The number of carbonyl (C=O) groups is 2. The minimum atomic E-state index is -0.567. The predicted octanol–water partition coefficient (Wildman–Crippen LogP) is 3.93. The Morgan fingerprint density at radius 3 is 2.63 bits per heavy atom. The molecule has 35 heavy (non-hydrogen) atoms. The molecule has 2 amide bonds. The fourth-order valence-electron chi connectivity index (χ4n) is 3.01. The Kier molecular flexibility index (Phi) is 9.10. The van der Waals surface area contributed by atoms with Gasteiger partial charge in [0.05, 0.1) is 31.5 Å². The third-order valence-corrected chi connectivity index (χ3v) is 5.95. The van der Waals surface area contributed by atoms with Crippen LogP contribution >= 0.6 is 23.4 Å². The molecule has 0 aliphatic carbocycles. The summed E-state index contributed by atoms with van der Waals surface area (Å²) in [6, 6.07) is 8.78. The quantitative estimate of drug-likeness (QED) is 0.292. The molecule has 0 aliphatic rings. The lowest BCUT2D eigenvalue weighted by atomic mass is 10.2. The van der Waals surface area contributed by atoms with Crippen molar-refractivity contribution < 1.29 is 23.5 Å². The number of amides is 2. The van der Waals surface area contributed by atoms with E-state index in [1.165, 1.54) is 32.4 Å². The van der Waals surface area contributed by atoms with Crippen LogP contribution in [0.25, 0.3) is 0 Å². The second-order valence-electron chi connectivity index (χ2n) is 7.02. The number of ether oxygens (including phenoxy) is 2. The zero-order chi connectivity index (χ0) is 25.4. The number of halogens is 2. The van der Waals surface area contributed by atoms with E-state index < -0.39 is 5.82 Å². The number of anilines is 1. The third-order valence-electron chi connectivity index (χ3n) is 4.69. The summed E-state index contributed by atoms with van der Waals surface area (Å²) < 4.78 is 25.5. The molecule has 1 aromatic heterocycles. The summed E-state index contributed by atoms with van der Waals surface area (Å²) in [4.78, 5) is 24.9. The van der Waals surface area contributed by atoms with Crippen molar-refractivity contribution in [2.24, 2.45) is 0 Å². The molecule has 3 aromatic rings. The van der Waals surface area contributed by atoms with E-state index in [1.807, 2.05) is 0 Å². The maximum atomic E-state index is 13.3. The van der Waals surface area contributed by atoms with Crippen LogP contribution in [0.2, 0.25) is 5.02 Å². The van der Waals surface area contributed by atoms with E-state index in [9.17, 15) is 14.0 Å². The largest absolute Gasteiger partial charge is 0.493 e. The molecule has 184 valence electrons. The van der Waals surface area contributed by atoms with Gasteiger partial charge in [0.15, 0.2) is 22.5 Å². The molecule has 1 heterocycles. The van der Waals surface area contributed by atoms with Crippen LogP contribution in [0.3, 0.4) is 0 Å². The second-order valence-corrected chi connectivity index (χ2v) is 8.37. The van der Waals surface area contributed by atoms with Crippen molar-refractivity contribution in [3.8, 4) is 11.5 Å². The average molecular weight is 520 g/mol. The van der Waals surface area contributed by atoms with Crippen LogP contribution in [0.5, 0.6) is 11.5 Å². The van der Waals surface area contributed by atoms with E-state index in [0.29, 0.717) is 40.3 Å². The first kappa shape index (κ1) is 26.0. The fraction of sp³-hybridized carbons (Fsp3) is 0.217. The molecule has 2 N–H and O–H groups in total. The average Bonchev–Trinajstić information content (AvgIpc) is 3.24. The molecular weight excluding hydrogens is 497 g/mol. The number of benzene rings is 2. The first-order chi connectivity index (χ1) is 16.9. The highest BCUT2D eigenvalue weighted by atomic mass is 35.5. The minimum Gasteiger partial charge on any atom is -0.493 e. The van der Waals surface area contributed by atoms with Crippen LogP contribution in [-0.2, 0) is 17.9 Å². The van der Waals surface area contributed by atoms with Gasteiger partial charge in [0.2, 0.25) is 5.91 Å². The first-order valence-electron chi connectivity index (χ1n) is 10.3. The molecule has 0 saturated heterocycles. The molecule has 0 spiro atoms. The van der Waals surface area contributed by atoms with Gasteiger partial charge in [-0.25, -0.2) is 4.39 Å². The molecular formula is C23H23ClFN5O4S. The molecule has 2 aromatic carbocycles. The van der Waals surface area contributed by atoms with Crippen molar-refractivity contribution in [1.29, 1.82) is 0 Å². The van der Waals surface area contributed by atoms with Gasteiger partial charge in [0.25, 0.3) is 5.91 Å². The maximum Gasteiger partial charge on any atom is 0.251 e. The highest BCUT2D eigenvalue weighted by Crippen LogP contribution is 2.27. The molecule has 0 atom stereocenters. The molecule has 9 nitrogen and oxygen atoms in total. The highest BCUT2D eigenvalue weighted by molar-refractivity contribution is 7.99. The monoisotopic (exact) mass is 519 g/mol. The molecule has 0 radical (unpaired) electrons. The number of nitrogens with zero attached hydrogens (tertiary/aromatic N) is 3. The molecule has 12 heteroatoms. The number of carbonyl (C=O) groups excluding carboxylic acids is 2. The molecule has 0 aliphatic heterocycles. The number of allylic oxidation sites excluding steroid dienone is 1. The Morgan fingerprint density at radius 2 is 1.94 bits per heavy atom. The van der Waals surface area contributed by atoms with Crippen molar-refractivity contribution in [3.63, 3.8) is 0 Å². The molecule has 0 saturated carbocycles. The zero-order valence-electron chi connectivity index (χ0n) is 19.0. The lowest BCUT2D eigenvalue weighted by Gasteiger charge is -2.11. The number of aromatic nitrogens is 3. The van der Waals surface area contributed by atoms with Crippen LogP contribution in [0, 0.1) is 5.82 Å². The van der Waals surface area contributed by atoms with Crippen LogP contribution in [0.15, 0.2) is 54.2 Å². The van der Waals surface area contributed by atoms with Gasteiger partial charge >= 0.3 is 0 Å². The predicted molar refractivity (Wildman–Crippen MR) is 132 cm³/mol. The van der Waals surface area contributed by atoms with E-state index in [1.54, 1.807) is 28.8 Å². The zero-order valence-corrected chi connectivity index (χ0v) is 20.6. The summed E-state index contributed by atoms with van der Waals surface area (Å²) in [7, 11) is 3.01. The van der Waals surface area contributed by atoms with Crippen LogP contribution in [0.4, 0.5) is 10.1 Å². The number of thioether (sulfide) groups is 1. The molecule has 0 fully saturated rings. The van der Waals surface area contributed by atoms with E-state index in [-0.39, 0.29) is 29.1 Å². The van der Waals surface area contributed by atoms with Crippen molar-refractivity contribution in [2.75, 3.05) is 25.3 Å². The van der Waals surface area contributed by atoms with Crippen LogP contribution in [-0.4, -0.2) is 46.6 Å². The number of methoxy groups -OCH3 is 2. The van der Waals surface area contributed by atoms with Crippen molar-refractivity contribution >= 4 is 40.9 Å². The lowest BCUT2D eigenvalue weighted by Crippen LogP contribution is -2.25. The summed E-state index contributed by atoms with van der Waals surface area (Å²) in [5.74, 6) is 0.259. The van der Waals surface area contributed by atoms with Crippen molar-refractivity contribution in [3.05, 3.63) is 71.3 Å². The standard InChI is InChI=1S/C23H23ClFN5O4S/c1-4-9-30-20(12-26-22(32)14-5-8-18(33-2)19(10-14)34-3)28-29-23(30)35-13-21(31)27-15-6-7-17(25)16(24)11-15/h4-8,10-11H,1,9,12-13H2,2-3H3,(H,26,32)(H,27,31). The number of rotatable bonds is 11. The van der Waals surface area contributed by atoms with Gasteiger partial charge in [-0.05, 0) is 36.4 Å². The molecule has 0 unspecified atom stereocenters. The summed E-state index contributed by atoms with van der Waals surface area (Å²) in [5, 5.41) is 14.1. The Bertz CT molecular complexity index is 1240. The van der Waals surface area contributed by atoms with E-state index >= 15 is 0 Å². The lowest BCUT2D eigenvalue weighted by molar-refractivity contribution is -0.113. The fourth-order valence-corrected chi connectivity index (χ4v) is 3.96. The first-order valence-corrected chi connectivity index (χ1v) is 11.6. The number of hydrogen-bond donors (Lipinski definition) is 2. The van der Waals surface area contributed by atoms with Gasteiger partial charge in [-0.3, -0.25) is 9.59 Å². The third kappa shape index (κ3) is 6.74. The maximum absolute atomic E-state index is 13.3. The summed E-state index contributed by atoms with van der Waals surface area (Å²) >= 11 is 6.91. The smallest absolute Gasteiger partial charge is 0.251 e. The summed E-state index contributed by atoms with van der Waals surface area (Å²) in [6.07, 6.45) is 1.66. The Balaban J connectivity index is 1.62. The van der Waals surface area contributed by atoms with Crippen molar-refractivity contribution in [2.45, 2.75) is 18.2 Å². The summed E-state index contributed by atoms with van der Waals surface area (Å²) in [5.41, 5.74) is 0.776. The topological polar surface area (TPSA) is 107 Å². The Morgan fingerprint density at radius 1 is 1.17 bits per heavy atom. The van der Waals surface area contributed by atoms with E-state index in [0.717, 1.165) is 11.8 Å². The highest BCUT2D eigenvalue weighted by Gasteiger charge is 2.16. The molecule has 0 bridgehead atoms. The number of hydrogen-bond acceptors (Lipinski definition) is 7. The SMILES string of the molecule is C=CCn1c(CNC(=O)c2ccc(OC)c(OC)c2)nnc1SCC(=O)Nc1ccc(F)c(Cl)c1. The Labute approximate surface area is 210 Å². The normalized spacial score (nSPS) is 10.5. The van der Waals surface area contributed by atoms with Crippen LogP contribution < -0.4 is 20.1 Å². The van der Waals surface area contributed by atoms with Gasteiger partial charge < -0.3 is 24.7 Å². The Hall–Kier alpha value is -3.57. The van der Waals surface area contributed by atoms with Crippen LogP contribution in [0.1, 0.15) is 16.2 Å². The van der Waals surface area contributed by atoms with E-state index in [4.69, 9.17) is 21.1 Å². The molecule has 3 rings (SSSR count). The van der Waals surface area contributed by atoms with Gasteiger partial charge in [-0.1, -0.05) is 29.4 Å². The van der Waals surface area contributed by atoms with Gasteiger partial charge in [-0.2, -0.15) is 0 Å². The second kappa shape index (κ2) is 12.2. The summed E-state index contributed by atoms with van der Waals surface area (Å²) in [6.45, 7) is 4.23. The van der Waals surface area contributed by atoms with Gasteiger partial charge in [0.1, 0.15) is 5.82 Å². The minimum absolute atomic E-state index is 0.0300. The van der Waals surface area contributed by atoms with Gasteiger partial charge in [-0.15, -0.1) is 16.8 Å². The van der Waals surface area contributed by atoms with Crippen molar-refractivity contribution in [1.82, 2.24) is 20.1 Å². The number of nitrogens with one attached hydrogen (secondary N) is 2. The van der Waals surface area contributed by atoms with E-state index in [2.05, 4.69) is 27.4 Å².